The third kappa shape index (κ3) is 3.94. The van der Waals surface area contributed by atoms with Gasteiger partial charge in [-0.1, -0.05) is 6.92 Å². The van der Waals surface area contributed by atoms with Crippen LogP contribution < -0.4 is 15.0 Å². The predicted octanol–water partition coefficient (Wildman–Crippen LogP) is 2.08. The van der Waals surface area contributed by atoms with Crippen molar-refractivity contribution in [2.24, 2.45) is 0 Å². The second-order valence-corrected chi connectivity index (χ2v) is 4.67. The molecule has 1 aliphatic heterocycles. The minimum atomic E-state index is 0.424. The van der Waals surface area contributed by atoms with Crippen molar-refractivity contribution in [2.75, 3.05) is 36.5 Å². The number of hydrogen-bond donors (Lipinski definition) is 1. The van der Waals surface area contributed by atoms with Gasteiger partial charge in [0.1, 0.15) is 0 Å². The van der Waals surface area contributed by atoms with Gasteiger partial charge in [0.25, 0.3) is 0 Å². The largest absolute Gasteiger partial charge is 0.463 e. The summed E-state index contributed by atoms with van der Waals surface area (Å²) in [4.78, 5) is 15.4. The Kier molecular flexibility index (Phi) is 5.18. The van der Waals surface area contributed by atoms with E-state index in [9.17, 15) is 0 Å². The summed E-state index contributed by atoms with van der Waals surface area (Å²) in [5.74, 6) is 1.33. The smallest absolute Gasteiger partial charge is 0.323 e. The summed E-state index contributed by atoms with van der Waals surface area (Å²) >= 11 is 0. The first-order valence-electron chi connectivity index (χ1n) is 7.21. The van der Waals surface area contributed by atoms with Crippen LogP contribution in [0, 0.1) is 0 Å². The molecule has 0 atom stereocenters. The number of rotatable bonds is 6. The van der Waals surface area contributed by atoms with Crippen molar-refractivity contribution < 1.29 is 4.74 Å². The molecule has 2 heterocycles. The summed E-state index contributed by atoms with van der Waals surface area (Å²) in [6.07, 6.45) is 4.64. The van der Waals surface area contributed by atoms with Gasteiger partial charge in [0, 0.05) is 19.6 Å². The lowest BCUT2D eigenvalue weighted by Crippen LogP contribution is -2.31. The van der Waals surface area contributed by atoms with Crippen molar-refractivity contribution in [3.05, 3.63) is 0 Å². The SMILES string of the molecule is CCCOc1nc(NCC)nc(N2CCCCC2)n1. The highest BCUT2D eigenvalue weighted by molar-refractivity contribution is 5.38. The fourth-order valence-electron chi connectivity index (χ4n) is 2.08. The van der Waals surface area contributed by atoms with Crippen LogP contribution in [0.1, 0.15) is 39.5 Å². The molecule has 2 rings (SSSR count). The monoisotopic (exact) mass is 265 g/mol. The predicted molar refractivity (Wildman–Crippen MR) is 75.8 cm³/mol. The molecular weight excluding hydrogens is 242 g/mol. The zero-order valence-corrected chi connectivity index (χ0v) is 11.9. The van der Waals surface area contributed by atoms with E-state index in [-0.39, 0.29) is 0 Å². The Labute approximate surface area is 114 Å². The fraction of sp³-hybridized carbons (Fsp3) is 0.769. The van der Waals surface area contributed by atoms with Crippen molar-refractivity contribution in [1.29, 1.82) is 0 Å². The number of nitrogens with zero attached hydrogens (tertiary/aromatic N) is 4. The molecule has 0 spiro atoms. The molecule has 1 fully saturated rings. The first-order chi connectivity index (χ1) is 9.33. The second kappa shape index (κ2) is 7.11. The van der Waals surface area contributed by atoms with E-state index in [1.165, 1.54) is 19.3 Å². The summed E-state index contributed by atoms with van der Waals surface area (Å²) in [6, 6.07) is 0.424. The van der Waals surface area contributed by atoms with E-state index in [2.05, 4.69) is 32.1 Å². The molecule has 1 aromatic rings. The quantitative estimate of drug-likeness (QED) is 0.849. The van der Waals surface area contributed by atoms with Crippen LogP contribution in [0.3, 0.4) is 0 Å². The molecule has 0 saturated carbocycles. The van der Waals surface area contributed by atoms with Gasteiger partial charge in [0.05, 0.1) is 6.61 Å². The average Bonchev–Trinajstić information content (AvgIpc) is 2.46. The van der Waals surface area contributed by atoms with Crippen molar-refractivity contribution in [1.82, 2.24) is 15.0 Å². The molecule has 0 bridgehead atoms. The summed E-state index contributed by atoms with van der Waals surface area (Å²) in [6.45, 7) is 7.55. The van der Waals surface area contributed by atoms with Crippen LogP contribution in [-0.2, 0) is 0 Å². The molecule has 0 radical (unpaired) electrons. The van der Waals surface area contributed by atoms with E-state index in [1.54, 1.807) is 0 Å². The summed E-state index contributed by atoms with van der Waals surface area (Å²) in [5, 5.41) is 3.13. The molecule has 0 aliphatic carbocycles. The van der Waals surface area contributed by atoms with Gasteiger partial charge in [-0.15, -0.1) is 0 Å². The highest BCUT2D eigenvalue weighted by Gasteiger charge is 2.16. The van der Waals surface area contributed by atoms with Crippen LogP contribution in [0.4, 0.5) is 11.9 Å². The van der Waals surface area contributed by atoms with E-state index in [4.69, 9.17) is 4.74 Å². The zero-order chi connectivity index (χ0) is 13.5. The molecule has 6 heteroatoms. The Balaban J connectivity index is 2.17. The molecule has 0 aromatic carbocycles. The number of piperidine rings is 1. The van der Waals surface area contributed by atoms with Crippen molar-refractivity contribution in [3.8, 4) is 6.01 Å². The summed E-state index contributed by atoms with van der Waals surface area (Å²) in [5.41, 5.74) is 0. The van der Waals surface area contributed by atoms with Gasteiger partial charge in [-0.3, -0.25) is 0 Å². The number of ether oxygens (including phenoxy) is 1. The molecule has 0 unspecified atom stereocenters. The minimum absolute atomic E-state index is 0.424. The van der Waals surface area contributed by atoms with E-state index < -0.39 is 0 Å². The number of aromatic nitrogens is 3. The van der Waals surface area contributed by atoms with Crippen LogP contribution in [0.25, 0.3) is 0 Å². The van der Waals surface area contributed by atoms with Crippen LogP contribution in [-0.4, -0.2) is 41.2 Å². The van der Waals surface area contributed by atoms with E-state index in [0.29, 0.717) is 18.6 Å². The maximum Gasteiger partial charge on any atom is 0.323 e. The minimum Gasteiger partial charge on any atom is -0.463 e. The molecule has 6 nitrogen and oxygen atoms in total. The Hall–Kier alpha value is -1.59. The van der Waals surface area contributed by atoms with Gasteiger partial charge in [0.15, 0.2) is 0 Å². The molecule has 0 amide bonds. The van der Waals surface area contributed by atoms with Gasteiger partial charge < -0.3 is 15.0 Å². The number of nitrogens with one attached hydrogen (secondary N) is 1. The van der Waals surface area contributed by atoms with Crippen LogP contribution in [0.5, 0.6) is 6.01 Å². The lowest BCUT2D eigenvalue weighted by Gasteiger charge is -2.26. The molecule has 1 N–H and O–H groups in total. The molecule has 1 saturated heterocycles. The molecule has 1 aromatic heterocycles. The summed E-state index contributed by atoms with van der Waals surface area (Å²) < 4.78 is 5.54. The Bertz CT molecular complexity index is 393. The van der Waals surface area contributed by atoms with Crippen LogP contribution in [0.2, 0.25) is 0 Å². The van der Waals surface area contributed by atoms with Crippen LogP contribution >= 0.6 is 0 Å². The van der Waals surface area contributed by atoms with Gasteiger partial charge in [-0.05, 0) is 32.6 Å². The van der Waals surface area contributed by atoms with E-state index >= 15 is 0 Å². The normalized spacial score (nSPS) is 15.4. The Morgan fingerprint density at radius 3 is 2.58 bits per heavy atom. The zero-order valence-electron chi connectivity index (χ0n) is 11.9. The topological polar surface area (TPSA) is 63.2 Å². The van der Waals surface area contributed by atoms with Gasteiger partial charge in [0.2, 0.25) is 11.9 Å². The lowest BCUT2D eigenvalue weighted by atomic mass is 10.1. The lowest BCUT2D eigenvalue weighted by molar-refractivity contribution is 0.291. The Morgan fingerprint density at radius 1 is 1.11 bits per heavy atom. The highest BCUT2D eigenvalue weighted by atomic mass is 16.5. The highest BCUT2D eigenvalue weighted by Crippen LogP contribution is 2.19. The molecule has 19 heavy (non-hydrogen) atoms. The molecular formula is C13H23N5O. The maximum atomic E-state index is 5.54. The maximum absolute atomic E-state index is 5.54. The van der Waals surface area contributed by atoms with E-state index in [1.807, 2.05) is 6.92 Å². The first-order valence-corrected chi connectivity index (χ1v) is 7.21. The second-order valence-electron chi connectivity index (χ2n) is 4.67. The van der Waals surface area contributed by atoms with Gasteiger partial charge in [-0.2, -0.15) is 15.0 Å². The first kappa shape index (κ1) is 13.8. The van der Waals surface area contributed by atoms with E-state index in [0.717, 1.165) is 32.0 Å². The standard InChI is InChI=1S/C13H23N5O/c1-3-10-19-13-16-11(14-4-2)15-12(17-13)18-8-6-5-7-9-18/h3-10H2,1-2H3,(H,14,15,16,17). The summed E-state index contributed by atoms with van der Waals surface area (Å²) in [7, 11) is 0. The molecule has 106 valence electrons. The fourth-order valence-corrected chi connectivity index (χ4v) is 2.08. The third-order valence-corrected chi connectivity index (χ3v) is 3.01. The number of anilines is 2. The molecule has 1 aliphatic rings. The van der Waals surface area contributed by atoms with Crippen molar-refractivity contribution in [3.63, 3.8) is 0 Å². The van der Waals surface area contributed by atoms with Crippen molar-refractivity contribution >= 4 is 11.9 Å². The van der Waals surface area contributed by atoms with Gasteiger partial charge in [-0.25, -0.2) is 0 Å². The Morgan fingerprint density at radius 2 is 1.89 bits per heavy atom. The average molecular weight is 265 g/mol. The third-order valence-electron chi connectivity index (χ3n) is 3.01. The van der Waals surface area contributed by atoms with Crippen LogP contribution in [0.15, 0.2) is 0 Å². The number of hydrogen-bond acceptors (Lipinski definition) is 6. The van der Waals surface area contributed by atoms with Gasteiger partial charge >= 0.3 is 6.01 Å². The van der Waals surface area contributed by atoms with Crippen molar-refractivity contribution in [2.45, 2.75) is 39.5 Å².